The third-order valence-corrected chi connectivity index (χ3v) is 3.28. The van der Waals surface area contributed by atoms with E-state index in [1.54, 1.807) is 0 Å². The Morgan fingerprint density at radius 3 is 2.31 bits per heavy atom. The van der Waals surface area contributed by atoms with Crippen molar-refractivity contribution in [2.24, 2.45) is 5.92 Å². The molecule has 1 heterocycles. The van der Waals surface area contributed by atoms with Crippen LogP contribution in [-0.2, 0) is 0 Å². The van der Waals surface area contributed by atoms with Crippen LogP contribution < -0.4 is 0 Å². The summed E-state index contributed by atoms with van der Waals surface area (Å²) in [6.07, 6.45) is 2.76. The van der Waals surface area contributed by atoms with E-state index in [0.29, 0.717) is 0 Å². The molecule has 1 saturated heterocycles. The zero-order valence-corrected chi connectivity index (χ0v) is 11.1. The van der Waals surface area contributed by atoms with Crippen LogP contribution in [0.25, 0.3) is 0 Å². The highest BCUT2D eigenvalue weighted by atomic mass is 127. The lowest BCUT2D eigenvalue weighted by Crippen LogP contribution is -2.40. The molecule has 0 unspecified atom stereocenters. The highest BCUT2D eigenvalue weighted by Gasteiger charge is 2.20. The van der Waals surface area contributed by atoms with Crippen LogP contribution in [0.1, 0.15) is 26.7 Å². The van der Waals surface area contributed by atoms with Gasteiger partial charge in [-0.05, 0) is 52.7 Å². The topological polar surface area (TPSA) is 6.48 Å². The molecule has 0 amide bonds. The van der Waals surface area contributed by atoms with Crippen LogP contribution in [0.4, 0.5) is 0 Å². The number of hydrogen-bond acceptors (Lipinski definition) is 2. The van der Waals surface area contributed by atoms with Gasteiger partial charge in [0, 0.05) is 35.5 Å². The fourth-order valence-corrected chi connectivity index (χ4v) is 2.56. The van der Waals surface area contributed by atoms with Gasteiger partial charge in [-0.2, -0.15) is 0 Å². The van der Waals surface area contributed by atoms with E-state index in [9.17, 15) is 0 Å². The van der Waals surface area contributed by atoms with Gasteiger partial charge in [0.25, 0.3) is 0 Å². The van der Waals surface area contributed by atoms with Gasteiger partial charge in [0.1, 0.15) is 0 Å². The molecular weight excluding hydrogens is 275 g/mol. The zero-order chi connectivity index (χ0) is 9.84. The molecule has 1 fully saturated rings. The van der Waals surface area contributed by atoms with Crippen molar-refractivity contribution in [3.63, 3.8) is 0 Å². The number of hydrogen-bond donors (Lipinski definition) is 0. The Hall–Kier alpha value is 0.650. The summed E-state index contributed by atoms with van der Waals surface area (Å²) in [7, 11) is 2.16. The van der Waals surface area contributed by atoms with Gasteiger partial charge in [-0.3, -0.25) is 3.11 Å². The van der Waals surface area contributed by atoms with Gasteiger partial charge in [-0.25, -0.2) is 0 Å². The summed E-state index contributed by atoms with van der Waals surface area (Å²) in [4.78, 5) is 2.59. The van der Waals surface area contributed by atoms with Gasteiger partial charge in [0.2, 0.25) is 0 Å². The van der Waals surface area contributed by atoms with Gasteiger partial charge >= 0.3 is 0 Å². The lowest BCUT2D eigenvalue weighted by Gasteiger charge is -2.35. The minimum Gasteiger partial charge on any atom is -0.301 e. The Bertz CT molecular complexity index is 140. The summed E-state index contributed by atoms with van der Waals surface area (Å²) in [6.45, 7) is 8.45. The normalized spacial score (nSPS) is 21.7. The van der Waals surface area contributed by atoms with Crippen LogP contribution >= 0.6 is 22.9 Å². The van der Waals surface area contributed by atoms with Crippen LogP contribution in [0.2, 0.25) is 0 Å². The Morgan fingerprint density at radius 2 is 1.92 bits per heavy atom. The first kappa shape index (κ1) is 11.7. The van der Waals surface area contributed by atoms with E-state index >= 15 is 0 Å². The second kappa shape index (κ2) is 5.51. The zero-order valence-electron chi connectivity index (χ0n) is 8.96. The summed E-state index contributed by atoms with van der Waals surface area (Å²) in [5.74, 6) is 0.928. The van der Waals surface area contributed by atoms with Crippen molar-refractivity contribution in [1.29, 1.82) is 0 Å². The predicted molar refractivity (Wildman–Crippen MR) is 66.1 cm³/mol. The molecule has 0 aromatic heterocycles. The molecule has 0 aliphatic carbocycles. The molecule has 0 radical (unpaired) electrons. The minimum absolute atomic E-state index is 0.735. The van der Waals surface area contributed by atoms with Crippen LogP contribution in [0.15, 0.2) is 0 Å². The fraction of sp³-hybridized carbons (Fsp3) is 1.00. The van der Waals surface area contributed by atoms with Crippen molar-refractivity contribution in [3.8, 4) is 0 Å². The Kier molecular flexibility index (Phi) is 4.97. The first-order valence-electron chi connectivity index (χ1n) is 5.20. The van der Waals surface area contributed by atoms with Crippen LogP contribution in [0, 0.1) is 5.92 Å². The van der Waals surface area contributed by atoms with E-state index in [4.69, 9.17) is 0 Å². The monoisotopic (exact) mass is 296 g/mol. The molecule has 0 saturated carbocycles. The summed E-state index contributed by atoms with van der Waals surface area (Å²) >= 11 is 2.38. The maximum Gasteiger partial charge on any atom is 0.0198 e. The van der Waals surface area contributed by atoms with Crippen molar-refractivity contribution in [2.45, 2.75) is 32.7 Å². The molecule has 1 rings (SSSR count). The number of piperidine rings is 1. The quantitative estimate of drug-likeness (QED) is 0.583. The van der Waals surface area contributed by atoms with E-state index in [1.807, 2.05) is 0 Å². The SMILES string of the molecule is CC(C)N1CCC(CN(C)I)CC1. The highest BCUT2D eigenvalue weighted by molar-refractivity contribution is 14.1. The average molecular weight is 296 g/mol. The second-order valence-electron chi connectivity index (χ2n) is 4.36. The maximum absolute atomic E-state index is 2.59. The Labute approximate surface area is 96.2 Å². The van der Waals surface area contributed by atoms with Gasteiger partial charge in [0.05, 0.1) is 0 Å². The largest absolute Gasteiger partial charge is 0.301 e. The lowest BCUT2D eigenvalue weighted by atomic mass is 9.96. The molecular formula is C10H21IN2. The molecule has 13 heavy (non-hydrogen) atoms. The number of nitrogens with zero attached hydrogens (tertiary/aromatic N) is 2. The summed E-state index contributed by atoms with van der Waals surface area (Å²) in [5.41, 5.74) is 0. The molecule has 1 aliphatic heterocycles. The van der Waals surface area contributed by atoms with Gasteiger partial charge < -0.3 is 4.90 Å². The Balaban J connectivity index is 2.22. The molecule has 1 aliphatic rings. The van der Waals surface area contributed by atoms with E-state index < -0.39 is 0 Å². The van der Waals surface area contributed by atoms with Crippen molar-refractivity contribution < 1.29 is 0 Å². The molecule has 0 aromatic rings. The molecule has 2 nitrogen and oxygen atoms in total. The van der Waals surface area contributed by atoms with E-state index in [-0.39, 0.29) is 0 Å². The van der Waals surface area contributed by atoms with Gasteiger partial charge in [0.15, 0.2) is 0 Å². The lowest BCUT2D eigenvalue weighted by molar-refractivity contribution is 0.144. The molecule has 0 atom stereocenters. The second-order valence-corrected chi connectivity index (χ2v) is 6.01. The first-order valence-corrected chi connectivity index (χ1v) is 6.17. The fourth-order valence-electron chi connectivity index (χ4n) is 2.01. The van der Waals surface area contributed by atoms with Crippen molar-refractivity contribution in [3.05, 3.63) is 0 Å². The van der Waals surface area contributed by atoms with Gasteiger partial charge in [-0.15, -0.1) is 0 Å². The molecule has 0 aromatic carbocycles. The minimum atomic E-state index is 0.735. The van der Waals surface area contributed by atoms with Crippen molar-refractivity contribution in [1.82, 2.24) is 8.01 Å². The summed E-state index contributed by atoms with van der Waals surface area (Å²) < 4.78 is 2.29. The average Bonchev–Trinajstić information content (AvgIpc) is 2.04. The third kappa shape index (κ3) is 4.13. The van der Waals surface area contributed by atoms with Crippen molar-refractivity contribution in [2.75, 3.05) is 26.7 Å². The van der Waals surface area contributed by atoms with Crippen LogP contribution in [0.3, 0.4) is 0 Å². The van der Waals surface area contributed by atoms with E-state index in [2.05, 4.69) is 51.8 Å². The molecule has 78 valence electrons. The van der Waals surface area contributed by atoms with Crippen LogP contribution in [-0.4, -0.2) is 40.7 Å². The highest BCUT2D eigenvalue weighted by Crippen LogP contribution is 2.20. The molecule has 0 spiro atoms. The smallest absolute Gasteiger partial charge is 0.0198 e. The first-order chi connectivity index (χ1) is 6.09. The summed E-state index contributed by atoms with van der Waals surface area (Å²) in [6, 6.07) is 0.735. The van der Waals surface area contributed by atoms with Gasteiger partial charge in [-0.1, -0.05) is 0 Å². The van der Waals surface area contributed by atoms with Crippen LogP contribution in [0.5, 0.6) is 0 Å². The molecule has 3 heteroatoms. The molecule has 0 bridgehead atoms. The number of halogens is 1. The van der Waals surface area contributed by atoms with E-state index in [1.165, 1.54) is 32.5 Å². The summed E-state index contributed by atoms with van der Waals surface area (Å²) in [5, 5.41) is 0. The van der Waals surface area contributed by atoms with Crippen molar-refractivity contribution >= 4 is 22.9 Å². The number of likely N-dealkylation sites (tertiary alicyclic amines) is 1. The standard InChI is InChI=1S/C10H21IN2/c1-9(2)13-6-4-10(5-7-13)8-12(3)11/h9-10H,4-8H2,1-3H3. The Morgan fingerprint density at radius 1 is 1.38 bits per heavy atom. The maximum atomic E-state index is 2.59. The predicted octanol–water partition coefficient (Wildman–Crippen LogP) is 2.39. The van der Waals surface area contributed by atoms with E-state index in [0.717, 1.165) is 12.0 Å². The third-order valence-electron chi connectivity index (χ3n) is 2.89. The molecule has 0 N–H and O–H groups in total. The number of rotatable bonds is 3.